The van der Waals surface area contributed by atoms with Crippen molar-refractivity contribution in [2.45, 2.75) is 23.1 Å². The van der Waals surface area contributed by atoms with Crippen molar-refractivity contribution in [2.24, 2.45) is 0 Å². The van der Waals surface area contributed by atoms with Crippen molar-refractivity contribution < 1.29 is 14.5 Å². The molecular formula is C16H14ClNO4S. The highest BCUT2D eigenvalue weighted by Gasteiger charge is 2.09. The molecule has 0 saturated carbocycles. The number of rotatable bonds is 6. The van der Waals surface area contributed by atoms with Crippen LogP contribution in [0.3, 0.4) is 0 Å². The molecule has 0 unspecified atom stereocenters. The Morgan fingerprint density at radius 1 is 1.26 bits per heavy atom. The fourth-order valence-corrected chi connectivity index (χ4v) is 3.02. The van der Waals surface area contributed by atoms with Gasteiger partial charge in [0.2, 0.25) is 0 Å². The van der Waals surface area contributed by atoms with E-state index in [1.54, 1.807) is 25.1 Å². The van der Waals surface area contributed by atoms with Crippen LogP contribution in [-0.2, 0) is 16.0 Å². The molecule has 0 radical (unpaired) electrons. The second-order valence-corrected chi connectivity index (χ2v) is 6.12. The molecule has 0 fully saturated rings. The predicted molar refractivity (Wildman–Crippen MR) is 89.0 cm³/mol. The van der Waals surface area contributed by atoms with Crippen molar-refractivity contribution in [3.05, 3.63) is 63.2 Å². The Labute approximate surface area is 142 Å². The van der Waals surface area contributed by atoms with E-state index in [4.69, 9.17) is 16.3 Å². The molecule has 0 aliphatic rings. The van der Waals surface area contributed by atoms with Crippen LogP contribution in [0.2, 0.25) is 5.02 Å². The molecule has 120 valence electrons. The number of carbonyl (C=O) groups is 1. The number of hydrogen-bond acceptors (Lipinski definition) is 5. The van der Waals surface area contributed by atoms with Gasteiger partial charge in [0.15, 0.2) is 0 Å². The van der Waals surface area contributed by atoms with E-state index < -0.39 is 4.92 Å². The highest BCUT2D eigenvalue weighted by atomic mass is 35.5. The number of esters is 1. The number of hydrogen-bond donors (Lipinski definition) is 0. The van der Waals surface area contributed by atoms with E-state index in [1.807, 2.05) is 12.1 Å². The van der Waals surface area contributed by atoms with Crippen LogP contribution >= 0.6 is 23.4 Å². The second kappa shape index (κ2) is 7.99. The Bertz CT molecular complexity index is 719. The van der Waals surface area contributed by atoms with Gasteiger partial charge < -0.3 is 4.74 Å². The molecule has 0 bridgehead atoms. The Morgan fingerprint density at radius 3 is 2.52 bits per heavy atom. The average molecular weight is 352 g/mol. The van der Waals surface area contributed by atoms with Gasteiger partial charge in [-0.25, -0.2) is 0 Å². The predicted octanol–water partition coefficient (Wildman–Crippen LogP) is 4.51. The first-order valence-electron chi connectivity index (χ1n) is 6.86. The molecule has 2 rings (SSSR count). The standard InChI is InChI=1S/C16H14ClNO4S/c1-2-22-16(19)10-11-3-8-15(14(17)9-11)23-13-6-4-12(5-7-13)18(20)21/h3-9H,2,10H2,1H3. The van der Waals surface area contributed by atoms with Crippen molar-refractivity contribution in [1.82, 2.24) is 0 Å². The van der Waals surface area contributed by atoms with E-state index in [1.165, 1.54) is 23.9 Å². The maximum Gasteiger partial charge on any atom is 0.310 e. The highest BCUT2D eigenvalue weighted by molar-refractivity contribution is 7.99. The zero-order chi connectivity index (χ0) is 16.8. The lowest BCUT2D eigenvalue weighted by Crippen LogP contribution is -2.07. The molecule has 0 N–H and O–H groups in total. The van der Waals surface area contributed by atoms with Gasteiger partial charge in [0.25, 0.3) is 5.69 Å². The molecular weight excluding hydrogens is 338 g/mol. The summed E-state index contributed by atoms with van der Waals surface area (Å²) in [5, 5.41) is 11.2. The minimum atomic E-state index is -0.439. The van der Waals surface area contributed by atoms with Crippen LogP contribution in [-0.4, -0.2) is 17.5 Å². The SMILES string of the molecule is CCOC(=O)Cc1ccc(Sc2ccc([N+](=O)[O-])cc2)c(Cl)c1. The van der Waals surface area contributed by atoms with Crippen molar-refractivity contribution in [3.63, 3.8) is 0 Å². The van der Waals surface area contributed by atoms with Gasteiger partial charge in [-0.15, -0.1) is 0 Å². The van der Waals surface area contributed by atoms with E-state index in [0.717, 1.165) is 15.4 Å². The molecule has 5 nitrogen and oxygen atoms in total. The molecule has 0 spiro atoms. The zero-order valence-electron chi connectivity index (χ0n) is 12.3. The average Bonchev–Trinajstić information content (AvgIpc) is 2.51. The fourth-order valence-electron chi connectivity index (χ4n) is 1.88. The number of halogens is 1. The number of nitro benzene ring substituents is 1. The summed E-state index contributed by atoms with van der Waals surface area (Å²) in [6.07, 6.45) is 0.177. The Balaban J connectivity index is 2.08. The molecule has 0 heterocycles. The number of non-ortho nitro benzene ring substituents is 1. The van der Waals surface area contributed by atoms with Crippen LogP contribution in [0.25, 0.3) is 0 Å². The third kappa shape index (κ3) is 4.97. The summed E-state index contributed by atoms with van der Waals surface area (Å²) in [7, 11) is 0. The van der Waals surface area contributed by atoms with E-state index in [9.17, 15) is 14.9 Å². The summed E-state index contributed by atoms with van der Waals surface area (Å²) in [5.74, 6) is -0.292. The third-order valence-electron chi connectivity index (χ3n) is 2.93. The smallest absolute Gasteiger partial charge is 0.310 e. The van der Waals surface area contributed by atoms with Crippen molar-refractivity contribution in [1.29, 1.82) is 0 Å². The van der Waals surface area contributed by atoms with Gasteiger partial charge >= 0.3 is 5.97 Å². The molecule has 0 saturated heterocycles. The molecule has 0 aromatic heterocycles. The Hall–Kier alpha value is -2.05. The normalized spacial score (nSPS) is 10.3. The van der Waals surface area contributed by atoms with Crippen LogP contribution < -0.4 is 0 Å². The van der Waals surface area contributed by atoms with Crippen LogP contribution in [0, 0.1) is 10.1 Å². The lowest BCUT2D eigenvalue weighted by atomic mass is 10.1. The van der Waals surface area contributed by atoms with Gasteiger partial charge in [-0.05, 0) is 36.8 Å². The fraction of sp³-hybridized carbons (Fsp3) is 0.188. The first-order chi connectivity index (χ1) is 11.0. The minimum Gasteiger partial charge on any atom is -0.466 e. The Kier molecular flexibility index (Phi) is 6.01. The molecule has 0 aliphatic carbocycles. The molecule has 0 atom stereocenters. The number of benzene rings is 2. The minimum absolute atomic E-state index is 0.0465. The Morgan fingerprint density at radius 2 is 1.96 bits per heavy atom. The van der Waals surface area contributed by atoms with E-state index in [0.29, 0.717) is 11.6 Å². The molecule has 0 aliphatic heterocycles. The van der Waals surface area contributed by atoms with Gasteiger partial charge in [0.1, 0.15) is 0 Å². The lowest BCUT2D eigenvalue weighted by molar-refractivity contribution is -0.384. The summed E-state index contributed by atoms with van der Waals surface area (Å²) in [4.78, 5) is 23.3. The summed E-state index contributed by atoms with van der Waals surface area (Å²) < 4.78 is 4.90. The molecule has 2 aromatic carbocycles. The quantitative estimate of drug-likeness (QED) is 0.435. The van der Waals surface area contributed by atoms with Crippen LogP contribution in [0.1, 0.15) is 12.5 Å². The maximum atomic E-state index is 11.5. The van der Waals surface area contributed by atoms with E-state index in [2.05, 4.69) is 0 Å². The topological polar surface area (TPSA) is 69.4 Å². The van der Waals surface area contributed by atoms with Crippen molar-refractivity contribution >= 4 is 35.0 Å². The second-order valence-electron chi connectivity index (χ2n) is 4.60. The third-order valence-corrected chi connectivity index (χ3v) is 4.43. The highest BCUT2D eigenvalue weighted by Crippen LogP contribution is 2.34. The molecule has 7 heteroatoms. The molecule has 23 heavy (non-hydrogen) atoms. The van der Waals surface area contributed by atoms with Crippen molar-refractivity contribution in [2.75, 3.05) is 6.61 Å². The molecule has 2 aromatic rings. The first-order valence-corrected chi connectivity index (χ1v) is 8.05. The van der Waals surface area contributed by atoms with E-state index in [-0.39, 0.29) is 18.1 Å². The summed E-state index contributed by atoms with van der Waals surface area (Å²) in [5.41, 5.74) is 0.826. The number of nitro groups is 1. The largest absolute Gasteiger partial charge is 0.466 e. The van der Waals surface area contributed by atoms with Crippen LogP contribution in [0.15, 0.2) is 52.3 Å². The van der Waals surface area contributed by atoms with Crippen molar-refractivity contribution in [3.8, 4) is 0 Å². The van der Waals surface area contributed by atoms with Gasteiger partial charge in [0.05, 0.1) is 23.0 Å². The van der Waals surface area contributed by atoms with Crippen LogP contribution in [0.4, 0.5) is 5.69 Å². The van der Waals surface area contributed by atoms with Gasteiger partial charge in [-0.3, -0.25) is 14.9 Å². The van der Waals surface area contributed by atoms with Gasteiger partial charge in [0, 0.05) is 21.9 Å². The summed E-state index contributed by atoms with van der Waals surface area (Å²) in [6, 6.07) is 11.6. The first kappa shape index (κ1) is 17.3. The maximum absolute atomic E-state index is 11.5. The lowest BCUT2D eigenvalue weighted by Gasteiger charge is -2.07. The van der Waals surface area contributed by atoms with Crippen LogP contribution in [0.5, 0.6) is 0 Å². The zero-order valence-corrected chi connectivity index (χ0v) is 13.9. The monoisotopic (exact) mass is 351 g/mol. The molecule has 0 amide bonds. The summed E-state index contributed by atoms with van der Waals surface area (Å²) >= 11 is 7.64. The van der Waals surface area contributed by atoms with Gasteiger partial charge in [-0.1, -0.05) is 29.4 Å². The number of nitrogens with zero attached hydrogens (tertiary/aromatic N) is 1. The number of carbonyl (C=O) groups excluding carboxylic acids is 1. The number of ether oxygens (including phenoxy) is 1. The van der Waals surface area contributed by atoms with Gasteiger partial charge in [-0.2, -0.15) is 0 Å². The summed E-state index contributed by atoms with van der Waals surface area (Å²) in [6.45, 7) is 2.11. The van der Waals surface area contributed by atoms with E-state index >= 15 is 0 Å².